The van der Waals surface area contributed by atoms with E-state index in [1.807, 2.05) is 37.3 Å². The average Bonchev–Trinajstić information content (AvgIpc) is 3.28. The van der Waals surface area contributed by atoms with Crippen molar-refractivity contribution in [1.29, 1.82) is 0 Å². The van der Waals surface area contributed by atoms with Crippen LogP contribution in [0.25, 0.3) is 22.3 Å². The van der Waals surface area contributed by atoms with Crippen molar-refractivity contribution in [3.63, 3.8) is 0 Å². The minimum Gasteiger partial charge on any atom is -0.507 e. The van der Waals surface area contributed by atoms with Gasteiger partial charge in [-0.1, -0.05) is 18.2 Å². The molecule has 8 nitrogen and oxygen atoms in total. The SMILES string of the molecule is COCCOC(=O)N(C)[C@H]1CCN(c2nc(-c3ccccc3O)nc3cc(C)ccc23)C1. The lowest BCUT2D eigenvalue weighted by Crippen LogP contribution is -2.39. The average molecular weight is 437 g/mol. The number of nitrogens with zero attached hydrogens (tertiary/aromatic N) is 4. The second kappa shape index (κ2) is 9.40. The summed E-state index contributed by atoms with van der Waals surface area (Å²) in [7, 11) is 3.33. The van der Waals surface area contributed by atoms with Crippen molar-refractivity contribution in [2.75, 3.05) is 45.4 Å². The smallest absolute Gasteiger partial charge is 0.409 e. The van der Waals surface area contributed by atoms with E-state index in [-0.39, 0.29) is 24.5 Å². The summed E-state index contributed by atoms with van der Waals surface area (Å²) in [6.45, 7) is 4.02. The molecule has 3 aromatic rings. The molecule has 8 heteroatoms. The van der Waals surface area contributed by atoms with Gasteiger partial charge < -0.3 is 24.4 Å². The fraction of sp³-hybridized carbons (Fsp3) is 0.375. The molecule has 2 heterocycles. The number of hydrogen-bond acceptors (Lipinski definition) is 7. The van der Waals surface area contributed by atoms with E-state index in [1.54, 1.807) is 31.2 Å². The Morgan fingerprint density at radius 1 is 1.22 bits per heavy atom. The van der Waals surface area contributed by atoms with Crippen molar-refractivity contribution in [3.05, 3.63) is 48.0 Å². The standard InChI is InChI=1S/C24H28N4O4/c1-16-8-9-18-20(14-16)25-22(19-6-4-5-7-21(19)29)26-23(18)28-11-10-17(15-28)27(2)24(30)32-13-12-31-3/h4-9,14,17,29H,10-13,15H2,1-3H3/t17-/m0/s1. The first kappa shape index (κ1) is 21.8. The van der Waals surface area contributed by atoms with Crippen molar-refractivity contribution in [1.82, 2.24) is 14.9 Å². The molecule has 1 aliphatic rings. The minimum atomic E-state index is -0.355. The van der Waals surface area contributed by atoms with Crippen molar-refractivity contribution in [3.8, 4) is 17.1 Å². The number of carbonyl (C=O) groups excluding carboxylic acids is 1. The van der Waals surface area contributed by atoms with E-state index in [9.17, 15) is 9.90 Å². The zero-order chi connectivity index (χ0) is 22.7. The Morgan fingerprint density at radius 3 is 2.81 bits per heavy atom. The number of amides is 1. The number of likely N-dealkylation sites (N-methyl/N-ethyl adjacent to an activating group) is 1. The normalized spacial score (nSPS) is 15.8. The third kappa shape index (κ3) is 4.45. The van der Waals surface area contributed by atoms with Gasteiger partial charge in [0.2, 0.25) is 0 Å². The second-order valence-electron chi connectivity index (χ2n) is 8.02. The molecule has 0 saturated carbocycles. The monoisotopic (exact) mass is 436 g/mol. The summed E-state index contributed by atoms with van der Waals surface area (Å²) in [5, 5.41) is 11.3. The summed E-state index contributed by atoms with van der Waals surface area (Å²) >= 11 is 0. The number of phenols is 1. The van der Waals surface area contributed by atoms with Crippen LogP contribution in [0.5, 0.6) is 5.75 Å². The molecule has 1 fully saturated rings. The molecule has 0 unspecified atom stereocenters. The molecule has 1 N–H and O–H groups in total. The molecule has 0 aliphatic carbocycles. The highest BCUT2D eigenvalue weighted by atomic mass is 16.6. The maximum atomic E-state index is 12.4. The van der Waals surface area contributed by atoms with Crippen LogP contribution < -0.4 is 4.90 Å². The van der Waals surface area contributed by atoms with Crippen molar-refractivity contribution in [2.45, 2.75) is 19.4 Å². The first-order valence-electron chi connectivity index (χ1n) is 10.7. The lowest BCUT2D eigenvalue weighted by molar-refractivity contribution is 0.0702. The van der Waals surface area contributed by atoms with E-state index in [2.05, 4.69) is 4.90 Å². The van der Waals surface area contributed by atoms with Gasteiger partial charge in [0, 0.05) is 32.6 Å². The first-order valence-corrected chi connectivity index (χ1v) is 10.7. The molecular weight excluding hydrogens is 408 g/mol. The van der Waals surface area contributed by atoms with Crippen LogP contribution in [0.2, 0.25) is 0 Å². The Bertz CT molecular complexity index is 1120. The summed E-state index contributed by atoms with van der Waals surface area (Å²) in [5.74, 6) is 1.42. The number of anilines is 1. The molecule has 0 spiro atoms. The Hall–Kier alpha value is -3.39. The number of hydrogen-bond donors (Lipinski definition) is 1. The number of rotatable bonds is 6. The van der Waals surface area contributed by atoms with Crippen molar-refractivity contribution < 1.29 is 19.4 Å². The Labute approximate surface area is 187 Å². The van der Waals surface area contributed by atoms with Crippen molar-refractivity contribution >= 4 is 22.8 Å². The lowest BCUT2D eigenvalue weighted by atomic mass is 10.1. The van der Waals surface area contributed by atoms with Gasteiger partial charge in [-0.2, -0.15) is 0 Å². The summed E-state index contributed by atoms with van der Waals surface area (Å²) in [5.41, 5.74) is 2.51. The van der Waals surface area contributed by atoms with Gasteiger partial charge in [0.1, 0.15) is 18.2 Å². The largest absolute Gasteiger partial charge is 0.507 e. The first-order chi connectivity index (χ1) is 15.5. The molecule has 1 atom stereocenters. The quantitative estimate of drug-likeness (QED) is 0.591. The van der Waals surface area contributed by atoms with Gasteiger partial charge in [-0.15, -0.1) is 0 Å². The van der Waals surface area contributed by atoms with Gasteiger partial charge in [0.25, 0.3) is 0 Å². The molecule has 4 rings (SSSR count). The van der Waals surface area contributed by atoms with E-state index < -0.39 is 0 Å². The molecule has 1 aliphatic heterocycles. The van der Waals surface area contributed by atoms with Gasteiger partial charge in [0.05, 0.1) is 23.7 Å². The topological polar surface area (TPSA) is 88.0 Å². The number of aromatic hydroxyl groups is 1. The highest BCUT2D eigenvalue weighted by Crippen LogP contribution is 2.33. The number of aryl methyl sites for hydroxylation is 1. The fourth-order valence-electron chi connectivity index (χ4n) is 3.96. The lowest BCUT2D eigenvalue weighted by Gasteiger charge is -2.25. The molecule has 32 heavy (non-hydrogen) atoms. The molecule has 1 aromatic heterocycles. The summed E-state index contributed by atoms with van der Waals surface area (Å²) in [6, 6.07) is 13.2. The molecule has 2 aromatic carbocycles. The van der Waals surface area contributed by atoms with Crippen LogP contribution >= 0.6 is 0 Å². The van der Waals surface area contributed by atoms with Crippen LogP contribution in [0, 0.1) is 6.92 Å². The Balaban J connectivity index is 1.64. The maximum absolute atomic E-state index is 12.4. The zero-order valence-corrected chi connectivity index (χ0v) is 18.6. The summed E-state index contributed by atoms with van der Waals surface area (Å²) < 4.78 is 10.2. The number of carbonyl (C=O) groups is 1. The number of fused-ring (bicyclic) bond motifs is 1. The maximum Gasteiger partial charge on any atom is 0.409 e. The summed E-state index contributed by atoms with van der Waals surface area (Å²) in [6.07, 6.45) is 0.450. The second-order valence-corrected chi connectivity index (χ2v) is 8.02. The molecule has 0 radical (unpaired) electrons. The van der Waals surface area contributed by atoms with Gasteiger partial charge in [-0.25, -0.2) is 14.8 Å². The Morgan fingerprint density at radius 2 is 2.03 bits per heavy atom. The van der Waals surface area contributed by atoms with Gasteiger partial charge in [0.15, 0.2) is 5.82 Å². The molecule has 1 saturated heterocycles. The Kier molecular flexibility index (Phi) is 6.41. The number of para-hydroxylation sites is 1. The van der Waals surface area contributed by atoms with Crippen LogP contribution in [-0.4, -0.2) is 72.6 Å². The molecular formula is C24H28N4O4. The third-order valence-electron chi connectivity index (χ3n) is 5.79. The highest BCUT2D eigenvalue weighted by molar-refractivity contribution is 5.92. The number of phenolic OH excluding ortho intramolecular Hbond substituents is 1. The molecule has 168 valence electrons. The number of benzene rings is 2. The van der Waals surface area contributed by atoms with E-state index in [0.717, 1.165) is 35.2 Å². The number of aromatic nitrogens is 2. The zero-order valence-electron chi connectivity index (χ0n) is 18.6. The van der Waals surface area contributed by atoms with Crippen LogP contribution in [0.4, 0.5) is 10.6 Å². The summed E-state index contributed by atoms with van der Waals surface area (Å²) in [4.78, 5) is 25.7. The third-order valence-corrected chi connectivity index (χ3v) is 5.79. The minimum absolute atomic E-state index is 0.00841. The van der Waals surface area contributed by atoms with Gasteiger partial charge >= 0.3 is 6.09 Å². The van der Waals surface area contributed by atoms with E-state index in [4.69, 9.17) is 19.4 Å². The van der Waals surface area contributed by atoms with Crippen LogP contribution in [-0.2, 0) is 9.47 Å². The van der Waals surface area contributed by atoms with Crippen LogP contribution in [0.15, 0.2) is 42.5 Å². The molecule has 0 bridgehead atoms. The van der Waals surface area contributed by atoms with Crippen LogP contribution in [0.1, 0.15) is 12.0 Å². The van der Waals surface area contributed by atoms with Crippen LogP contribution in [0.3, 0.4) is 0 Å². The van der Waals surface area contributed by atoms with E-state index in [1.165, 1.54) is 0 Å². The van der Waals surface area contributed by atoms with E-state index >= 15 is 0 Å². The highest BCUT2D eigenvalue weighted by Gasteiger charge is 2.31. The number of methoxy groups -OCH3 is 1. The molecule has 1 amide bonds. The predicted molar refractivity (Wildman–Crippen MR) is 123 cm³/mol. The number of ether oxygens (including phenoxy) is 2. The van der Waals surface area contributed by atoms with Gasteiger partial charge in [-0.3, -0.25) is 0 Å². The van der Waals surface area contributed by atoms with Crippen molar-refractivity contribution in [2.24, 2.45) is 0 Å². The van der Waals surface area contributed by atoms with Gasteiger partial charge in [-0.05, 0) is 43.2 Å². The predicted octanol–water partition coefficient (Wildman–Crippen LogP) is 3.60. The fourth-order valence-corrected chi connectivity index (χ4v) is 3.96. The van der Waals surface area contributed by atoms with E-state index in [0.29, 0.717) is 24.5 Å².